The molecule has 0 atom stereocenters. The molecule has 0 unspecified atom stereocenters. The van der Waals surface area contributed by atoms with Crippen LogP contribution in [0.25, 0.3) is 0 Å². The molecular formula is C19H23N3O3. The molecule has 2 aromatic heterocycles. The zero-order valence-corrected chi connectivity index (χ0v) is 14.2. The lowest BCUT2D eigenvalue weighted by Crippen LogP contribution is -2.44. The number of nitrogens with zero attached hydrogens (tertiary/aromatic N) is 2. The highest BCUT2D eigenvalue weighted by atomic mass is 16.3. The molecular weight excluding hydrogens is 318 g/mol. The summed E-state index contributed by atoms with van der Waals surface area (Å²) in [4.78, 5) is 31.3. The van der Waals surface area contributed by atoms with Crippen molar-refractivity contribution in [2.75, 3.05) is 19.6 Å². The molecule has 6 nitrogen and oxygen atoms in total. The van der Waals surface area contributed by atoms with Crippen LogP contribution in [-0.4, -0.2) is 40.3 Å². The molecule has 1 amide bonds. The molecule has 25 heavy (non-hydrogen) atoms. The summed E-state index contributed by atoms with van der Waals surface area (Å²) in [5, 5.41) is 0. The Morgan fingerprint density at radius 2 is 2.08 bits per heavy atom. The fourth-order valence-corrected chi connectivity index (χ4v) is 3.87. The van der Waals surface area contributed by atoms with Crippen molar-refractivity contribution in [2.45, 2.75) is 32.4 Å². The van der Waals surface area contributed by atoms with Crippen LogP contribution in [0, 0.1) is 5.92 Å². The van der Waals surface area contributed by atoms with Gasteiger partial charge in [0.2, 0.25) is 11.5 Å². The van der Waals surface area contributed by atoms with Crippen molar-refractivity contribution in [2.24, 2.45) is 5.92 Å². The van der Waals surface area contributed by atoms with E-state index in [2.05, 4.69) is 9.88 Å². The number of piperidine rings is 1. The summed E-state index contributed by atoms with van der Waals surface area (Å²) in [6.45, 7) is 3.99. The summed E-state index contributed by atoms with van der Waals surface area (Å²) in [7, 11) is 0. The van der Waals surface area contributed by atoms with Gasteiger partial charge in [-0.15, -0.1) is 0 Å². The van der Waals surface area contributed by atoms with Gasteiger partial charge in [-0.05, 0) is 55.6 Å². The monoisotopic (exact) mass is 341 g/mol. The quantitative estimate of drug-likeness (QED) is 0.924. The minimum absolute atomic E-state index is 0.0672. The van der Waals surface area contributed by atoms with Gasteiger partial charge in [0.05, 0.1) is 12.8 Å². The lowest BCUT2D eigenvalue weighted by Gasteiger charge is -2.35. The predicted octanol–water partition coefficient (Wildman–Crippen LogP) is 1.76. The van der Waals surface area contributed by atoms with E-state index in [-0.39, 0.29) is 17.4 Å². The summed E-state index contributed by atoms with van der Waals surface area (Å²) in [6, 6.07) is 5.56. The molecule has 0 aromatic carbocycles. The first kappa shape index (κ1) is 16.1. The van der Waals surface area contributed by atoms with Gasteiger partial charge in [-0.3, -0.25) is 14.5 Å². The number of aromatic nitrogens is 1. The van der Waals surface area contributed by atoms with Crippen LogP contribution in [0.3, 0.4) is 0 Å². The largest absolute Gasteiger partial charge is 0.468 e. The molecule has 1 N–H and O–H groups in total. The molecule has 2 aromatic rings. The lowest BCUT2D eigenvalue weighted by molar-refractivity contribution is -0.138. The third-order valence-corrected chi connectivity index (χ3v) is 5.33. The average molecular weight is 341 g/mol. The molecule has 6 heteroatoms. The number of rotatable bonds is 3. The van der Waals surface area contributed by atoms with Gasteiger partial charge >= 0.3 is 0 Å². The summed E-state index contributed by atoms with van der Waals surface area (Å²) in [5.41, 5.74) is 2.07. The van der Waals surface area contributed by atoms with E-state index in [9.17, 15) is 9.59 Å². The Kier molecular flexibility index (Phi) is 4.44. The number of carbonyl (C=O) groups excluding carboxylic acids is 1. The number of amides is 1. The highest BCUT2D eigenvalue weighted by Crippen LogP contribution is 2.24. The molecule has 132 valence electrons. The Bertz CT molecular complexity index is 788. The number of fused-ring (bicyclic) bond motifs is 1. The predicted molar refractivity (Wildman–Crippen MR) is 92.9 cm³/mol. The molecule has 1 fully saturated rings. The molecule has 0 radical (unpaired) electrons. The van der Waals surface area contributed by atoms with Crippen LogP contribution in [0.4, 0.5) is 0 Å². The van der Waals surface area contributed by atoms with Crippen LogP contribution in [-0.2, 0) is 24.3 Å². The first-order valence-corrected chi connectivity index (χ1v) is 8.93. The summed E-state index contributed by atoms with van der Waals surface area (Å²) >= 11 is 0. The minimum atomic E-state index is -0.0672. The number of likely N-dealkylation sites (tertiary alicyclic amines) is 1. The molecule has 0 bridgehead atoms. The maximum Gasteiger partial charge on any atom is 0.248 e. The van der Waals surface area contributed by atoms with Crippen LogP contribution < -0.4 is 5.56 Å². The van der Waals surface area contributed by atoms with E-state index in [0.717, 1.165) is 55.8 Å². The van der Waals surface area contributed by atoms with Crippen molar-refractivity contribution in [3.63, 3.8) is 0 Å². The fraction of sp³-hybridized carbons (Fsp3) is 0.474. The summed E-state index contributed by atoms with van der Waals surface area (Å²) in [6.07, 6.45) is 6.02. The van der Waals surface area contributed by atoms with Gasteiger partial charge in [-0.25, -0.2) is 0 Å². The van der Waals surface area contributed by atoms with Crippen molar-refractivity contribution in [1.29, 1.82) is 0 Å². The highest BCUT2D eigenvalue weighted by molar-refractivity contribution is 5.79. The van der Waals surface area contributed by atoms with Crippen LogP contribution in [0.1, 0.15) is 29.7 Å². The smallest absolute Gasteiger partial charge is 0.248 e. The van der Waals surface area contributed by atoms with Gasteiger partial charge in [0, 0.05) is 31.3 Å². The average Bonchev–Trinajstić information content (AvgIpc) is 3.14. The van der Waals surface area contributed by atoms with E-state index in [0.29, 0.717) is 13.1 Å². The molecule has 4 heterocycles. The van der Waals surface area contributed by atoms with Crippen molar-refractivity contribution >= 4 is 5.91 Å². The Labute approximate surface area is 146 Å². The summed E-state index contributed by atoms with van der Waals surface area (Å²) < 4.78 is 5.41. The first-order valence-electron chi connectivity index (χ1n) is 8.93. The number of hydrogen-bond acceptors (Lipinski definition) is 4. The number of H-pyrrole nitrogens is 1. The summed E-state index contributed by atoms with van der Waals surface area (Å²) in [5.74, 6) is 1.35. The van der Waals surface area contributed by atoms with Crippen molar-refractivity contribution in [1.82, 2.24) is 14.8 Å². The Hall–Kier alpha value is -2.34. The van der Waals surface area contributed by atoms with Gasteiger partial charge in [0.25, 0.3) is 0 Å². The van der Waals surface area contributed by atoms with Crippen molar-refractivity contribution in [3.8, 4) is 0 Å². The third-order valence-electron chi connectivity index (χ3n) is 5.33. The number of pyridine rings is 1. The number of aromatic amines is 1. The van der Waals surface area contributed by atoms with Gasteiger partial charge in [0.15, 0.2) is 0 Å². The Morgan fingerprint density at radius 3 is 2.84 bits per heavy atom. The normalized spacial score (nSPS) is 19.0. The van der Waals surface area contributed by atoms with E-state index in [1.807, 2.05) is 17.0 Å². The van der Waals surface area contributed by atoms with E-state index in [1.54, 1.807) is 18.5 Å². The lowest BCUT2D eigenvalue weighted by atomic mass is 9.93. The molecule has 2 aliphatic rings. The molecule has 4 rings (SSSR count). The number of carbonyl (C=O) groups is 1. The first-order chi connectivity index (χ1) is 12.2. The maximum atomic E-state index is 12.9. The van der Waals surface area contributed by atoms with E-state index < -0.39 is 0 Å². The molecule has 0 aliphatic carbocycles. The van der Waals surface area contributed by atoms with Crippen molar-refractivity contribution in [3.05, 3.63) is 57.9 Å². The van der Waals surface area contributed by atoms with E-state index >= 15 is 0 Å². The van der Waals surface area contributed by atoms with Gasteiger partial charge in [-0.2, -0.15) is 0 Å². The standard InChI is InChI=1S/C19H23N3O3/c23-18-10-15-5-8-22(12-16(15)11-20-18)19(24)14-3-6-21(7-4-14)13-17-2-1-9-25-17/h1-2,9-11,14H,3-8,12-13H2,(H,20,23). The SMILES string of the molecule is O=C(C1CCN(Cc2ccco2)CC1)N1CCc2cc(=O)[nH]cc2C1. The fourth-order valence-electron chi connectivity index (χ4n) is 3.87. The molecule has 1 saturated heterocycles. The number of nitrogens with one attached hydrogen (secondary N) is 1. The van der Waals surface area contributed by atoms with Gasteiger partial charge < -0.3 is 14.3 Å². The van der Waals surface area contributed by atoms with Crippen LogP contribution in [0.15, 0.2) is 39.9 Å². The van der Waals surface area contributed by atoms with Crippen LogP contribution >= 0.6 is 0 Å². The topological polar surface area (TPSA) is 69.6 Å². The number of hydrogen-bond donors (Lipinski definition) is 1. The zero-order chi connectivity index (χ0) is 17.2. The van der Waals surface area contributed by atoms with Gasteiger partial charge in [0.1, 0.15) is 5.76 Å². The van der Waals surface area contributed by atoms with E-state index in [1.165, 1.54) is 0 Å². The van der Waals surface area contributed by atoms with Crippen molar-refractivity contribution < 1.29 is 9.21 Å². The van der Waals surface area contributed by atoms with Gasteiger partial charge in [-0.1, -0.05) is 0 Å². The zero-order valence-electron chi connectivity index (χ0n) is 14.2. The van der Waals surface area contributed by atoms with Crippen LogP contribution in [0.2, 0.25) is 0 Å². The second-order valence-electron chi connectivity index (χ2n) is 6.99. The van der Waals surface area contributed by atoms with E-state index in [4.69, 9.17) is 4.42 Å². The Balaban J connectivity index is 1.33. The third kappa shape index (κ3) is 3.54. The van der Waals surface area contributed by atoms with Crippen LogP contribution in [0.5, 0.6) is 0 Å². The number of furan rings is 1. The second kappa shape index (κ2) is 6.88. The molecule has 2 aliphatic heterocycles. The highest BCUT2D eigenvalue weighted by Gasteiger charge is 2.30. The maximum absolute atomic E-state index is 12.9. The molecule has 0 spiro atoms. The minimum Gasteiger partial charge on any atom is -0.468 e. The molecule has 0 saturated carbocycles. The Morgan fingerprint density at radius 1 is 1.24 bits per heavy atom. The second-order valence-corrected chi connectivity index (χ2v) is 6.99.